The second-order valence-corrected chi connectivity index (χ2v) is 6.04. The summed E-state index contributed by atoms with van der Waals surface area (Å²) in [6.45, 7) is 0. The quantitative estimate of drug-likeness (QED) is 0.732. The highest BCUT2D eigenvalue weighted by molar-refractivity contribution is 7.98. The van der Waals surface area contributed by atoms with Crippen LogP contribution in [0.25, 0.3) is 11.5 Å². The first kappa shape index (κ1) is 12.5. The second-order valence-electron chi connectivity index (χ2n) is 4.97. The van der Waals surface area contributed by atoms with Gasteiger partial charge in [-0.1, -0.05) is 60.3 Å². The van der Waals surface area contributed by atoms with E-state index in [0.717, 1.165) is 17.0 Å². The molecule has 0 unspecified atom stereocenters. The Hall–Kier alpha value is -2.20. The molecule has 1 atom stereocenters. The van der Waals surface area contributed by atoms with E-state index in [1.165, 1.54) is 5.56 Å². The molecular formula is C17H14NO2S+. The van der Waals surface area contributed by atoms with Crippen molar-refractivity contribution in [3.05, 3.63) is 71.9 Å². The van der Waals surface area contributed by atoms with E-state index in [9.17, 15) is 5.11 Å². The molecule has 3 nitrogen and oxygen atoms in total. The maximum Gasteiger partial charge on any atom is 0.385 e. The number of aromatic nitrogens is 1. The largest absolute Gasteiger partial charge is 0.476 e. The van der Waals surface area contributed by atoms with Crippen LogP contribution in [0, 0.1) is 0 Å². The number of fused-ring (bicyclic) bond motifs is 1. The highest BCUT2D eigenvalue weighted by atomic mass is 32.2. The number of aromatic hydroxyl groups is 1. The highest BCUT2D eigenvalue weighted by Crippen LogP contribution is 2.41. The average molecular weight is 296 g/mol. The molecule has 2 aromatic carbocycles. The molecule has 2 heterocycles. The van der Waals surface area contributed by atoms with Crippen LogP contribution in [-0.2, 0) is 5.75 Å². The molecule has 0 fully saturated rings. The number of hydrogen-bond acceptors (Lipinski definition) is 3. The third-order valence-corrected chi connectivity index (χ3v) is 4.91. The molecule has 0 bridgehead atoms. The Balaban J connectivity index is 1.88. The van der Waals surface area contributed by atoms with Crippen LogP contribution < -0.4 is 4.57 Å². The Bertz CT molecular complexity index is 768. The minimum Gasteiger partial charge on any atom is -0.476 e. The molecule has 0 amide bonds. The Morgan fingerprint density at radius 1 is 1.00 bits per heavy atom. The van der Waals surface area contributed by atoms with Crippen molar-refractivity contribution in [1.82, 2.24) is 0 Å². The van der Waals surface area contributed by atoms with Gasteiger partial charge in [-0.3, -0.25) is 0 Å². The molecule has 4 rings (SSSR count). The van der Waals surface area contributed by atoms with Gasteiger partial charge in [-0.2, -0.15) is 0 Å². The smallest absolute Gasteiger partial charge is 0.385 e. The number of benzene rings is 2. The lowest BCUT2D eigenvalue weighted by Gasteiger charge is -2.05. The molecule has 1 aliphatic heterocycles. The van der Waals surface area contributed by atoms with Crippen molar-refractivity contribution >= 4 is 11.8 Å². The molecule has 3 aromatic rings. The van der Waals surface area contributed by atoms with Crippen molar-refractivity contribution < 1.29 is 14.1 Å². The first-order valence-corrected chi connectivity index (χ1v) is 7.87. The van der Waals surface area contributed by atoms with Crippen LogP contribution >= 0.6 is 11.8 Å². The van der Waals surface area contributed by atoms with Gasteiger partial charge >= 0.3 is 11.8 Å². The van der Waals surface area contributed by atoms with Gasteiger partial charge in [0, 0.05) is 5.56 Å². The summed E-state index contributed by atoms with van der Waals surface area (Å²) in [5.74, 6) is 1.49. The molecule has 1 aliphatic rings. The van der Waals surface area contributed by atoms with E-state index in [2.05, 4.69) is 16.7 Å². The Labute approximate surface area is 126 Å². The lowest BCUT2D eigenvalue weighted by atomic mass is 10.2. The minimum absolute atomic E-state index is 0.0276. The van der Waals surface area contributed by atoms with Gasteiger partial charge in [0.05, 0.1) is 11.3 Å². The molecule has 1 N–H and O–H groups in total. The van der Waals surface area contributed by atoms with E-state index in [0.29, 0.717) is 5.89 Å². The van der Waals surface area contributed by atoms with Crippen LogP contribution in [-0.4, -0.2) is 5.11 Å². The predicted molar refractivity (Wildman–Crippen MR) is 81.9 cm³/mol. The van der Waals surface area contributed by atoms with Gasteiger partial charge in [-0.25, -0.2) is 0 Å². The number of hydrogen-bond donors (Lipinski definition) is 1. The van der Waals surface area contributed by atoms with E-state index in [1.54, 1.807) is 11.8 Å². The van der Waals surface area contributed by atoms with Crippen molar-refractivity contribution in [2.75, 3.05) is 0 Å². The van der Waals surface area contributed by atoms with Crippen LogP contribution in [0.15, 0.2) is 65.1 Å². The summed E-state index contributed by atoms with van der Waals surface area (Å²) in [7, 11) is 0. The molecule has 0 saturated heterocycles. The lowest BCUT2D eigenvalue weighted by Crippen LogP contribution is -2.37. The molecule has 1 aromatic heterocycles. The lowest BCUT2D eigenvalue weighted by molar-refractivity contribution is -0.684. The van der Waals surface area contributed by atoms with Crippen LogP contribution in [0.5, 0.6) is 5.95 Å². The molecule has 0 spiro atoms. The van der Waals surface area contributed by atoms with Crippen molar-refractivity contribution in [1.29, 1.82) is 0 Å². The maximum absolute atomic E-state index is 10.1. The van der Waals surface area contributed by atoms with Crippen LogP contribution in [0.2, 0.25) is 0 Å². The van der Waals surface area contributed by atoms with Crippen molar-refractivity contribution in [3.8, 4) is 17.4 Å². The Morgan fingerprint density at radius 2 is 1.67 bits per heavy atom. The highest BCUT2D eigenvalue weighted by Gasteiger charge is 2.42. The van der Waals surface area contributed by atoms with Crippen molar-refractivity contribution in [2.24, 2.45) is 0 Å². The molecule has 0 aliphatic carbocycles. The average Bonchev–Trinajstić information content (AvgIpc) is 3.11. The normalized spacial score (nSPS) is 16.9. The summed E-state index contributed by atoms with van der Waals surface area (Å²) in [6.07, 6.45) is 0. The van der Waals surface area contributed by atoms with Crippen molar-refractivity contribution in [3.63, 3.8) is 0 Å². The number of thioether (sulfide) groups is 1. The second kappa shape index (κ2) is 4.97. The molecular weight excluding hydrogens is 282 g/mol. The Kier molecular flexibility index (Phi) is 2.97. The van der Waals surface area contributed by atoms with Gasteiger partial charge in [-0.15, -0.1) is 4.57 Å². The fourth-order valence-electron chi connectivity index (χ4n) is 2.68. The molecule has 0 radical (unpaired) electrons. The zero-order chi connectivity index (χ0) is 14.2. The first-order valence-electron chi connectivity index (χ1n) is 6.83. The first-order chi connectivity index (χ1) is 10.3. The fourth-order valence-corrected chi connectivity index (χ4v) is 3.98. The minimum atomic E-state index is 0.0276. The van der Waals surface area contributed by atoms with E-state index in [4.69, 9.17) is 4.42 Å². The molecule has 4 heteroatoms. The van der Waals surface area contributed by atoms with Gasteiger partial charge in [0.1, 0.15) is 0 Å². The van der Waals surface area contributed by atoms with Crippen molar-refractivity contribution in [2.45, 2.75) is 11.1 Å². The van der Waals surface area contributed by atoms with Crippen LogP contribution in [0.4, 0.5) is 0 Å². The molecule has 0 saturated carbocycles. The third kappa shape index (κ3) is 2.03. The van der Waals surface area contributed by atoms with Gasteiger partial charge in [0.2, 0.25) is 5.37 Å². The van der Waals surface area contributed by atoms with Gasteiger partial charge in [0.25, 0.3) is 5.69 Å². The summed E-state index contributed by atoms with van der Waals surface area (Å²) in [5, 5.41) is 10.2. The predicted octanol–water partition coefficient (Wildman–Crippen LogP) is 3.73. The third-order valence-electron chi connectivity index (χ3n) is 3.67. The molecule has 104 valence electrons. The van der Waals surface area contributed by atoms with Crippen LogP contribution in [0.3, 0.4) is 0 Å². The van der Waals surface area contributed by atoms with E-state index >= 15 is 0 Å². The van der Waals surface area contributed by atoms with Gasteiger partial charge in [-0.05, 0) is 12.1 Å². The SMILES string of the molecule is Oc1oc(-c2ccccc2)[n+]2c1CS[C@H]2c1ccccc1. The summed E-state index contributed by atoms with van der Waals surface area (Å²) < 4.78 is 7.73. The topological polar surface area (TPSA) is 37.3 Å². The van der Waals surface area contributed by atoms with E-state index in [1.807, 2.05) is 48.5 Å². The summed E-state index contributed by atoms with van der Waals surface area (Å²) in [6, 6.07) is 20.2. The summed E-state index contributed by atoms with van der Waals surface area (Å²) in [4.78, 5) is 0. The van der Waals surface area contributed by atoms with Gasteiger partial charge < -0.3 is 9.52 Å². The van der Waals surface area contributed by atoms with Gasteiger partial charge in [0.15, 0.2) is 0 Å². The van der Waals surface area contributed by atoms with E-state index < -0.39 is 0 Å². The van der Waals surface area contributed by atoms with Crippen LogP contribution in [0.1, 0.15) is 16.6 Å². The number of oxazole rings is 1. The Morgan fingerprint density at radius 3 is 2.38 bits per heavy atom. The number of rotatable bonds is 2. The monoisotopic (exact) mass is 296 g/mol. The van der Waals surface area contributed by atoms with E-state index in [-0.39, 0.29) is 11.3 Å². The number of nitrogens with zero attached hydrogens (tertiary/aromatic N) is 1. The zero-order valence-electron chi connectivity index (χ0n) is 11.3. The zero-order valence-corrected chi connectivity index (χ0v) is 12.1. The fraction of sp³-hybridized carbons (Fsp3) is 0.118. The summed E-state index contributed by atoms with van der Waals surface area (Å²) in [5.41, 5.74) is 3.04. The molecule has 21 heavy (non-hydrogen) atoms. The standard InChI is InChI=1S/C17H13NO2S/c19-17-14-11-21-16(13-9-5-2-6-10-13)18(14)15(20-17)12-7-3-1-4-8-12/h1-10,16H,11H2/p+1/t16-/m0/s1. The maximum atomic E-state index is 10.1. The summed E-state index contributed by atoms with van der Waals surface area (Å²) >= 11 is 1.80.